The number of carbonyl (C=O) groups is 2. The van der Waals surface area contributed by atoms with Gasteiger partial charge in [-0.15, -0.1) is 0 Å². The number of rotatable bonds is 4. The van der Waals surface area contributed by atoms with E-state index >= 15 is 0 Å². The number of benzene rings is 1. The van der Waals surface area contributed by atoms with Crippen LogP contribution in [-0.4, -0.2) is 42.4 Å². The Morgan fingerprint density at radius 3 is 2.72 bits per heavy atom. The predicted molar refractivity (Wildman–Crippen MR) is 98.0 cm³/mol. The van der Waals surface area contributed by atoms with Gasteiger partial charge >= 0.3 is 0 Å². The first-order valence-electron chi connectivity index (χ1n) is 9.39. The van der Waals surface area contributed by atoms with Gasteiger partial charge in [-0.25, -0.2) is 0 Å². The van der Waals surface area contributed by atoms with Gasteiger partial charge in [0.2, 0.25) is 5.91 Å². The van der Waals surface area contributed by atoms with E-state index in [1.165, 1.54) is 0 Å². The van der Waals surface area contributed by atoms with Crippen LogP contribution in [0.15, 0.2) is 30.3 Å². The van der Waals surface area contributed by atoms with Crippen LogP contribution in [0.25, 0.3) is 0 Å². The Kier molecular flexibility index (Phi) is 5.42. The van der Waals surface area contributed by atoms with E-state index < -0.39 is 5.41 Å². The van der Waals surface area contributed by atoms with Crippen LogP contribution in [0.5, 0.6) is 0 Å². The lowest BCUT2D eigenvalue weighted by atomic mass is 9.80. The number of carbonyl (C=O) groups excluding carboxylic acids is 2. The molecule has 3 N–H and O–H groups in total. The quantitative estimate of drug-likeness (QED) is 0.880. The van der Waals surface area contributed by atoms with Crippen molar-refractivity contribution in [3.63, 3.8) is 0 Å². The molecule has 0 aromatic heterocycles. The van der Waals surface area contributed by atoms with Gasteiger partial charge in [-0.1, -0.05) is 24.6 Å². The molecule has 3 unspecified atom stereocenters. The maximum Gasteiger partial charge on any atom is 0.253 e. The molecule has 1 aliphatic heterocycles. The summed E-state index contributed by atoms with van der Waals surface area (Å²) >= 11 is 0. The average molecular weight is 343 g/mol. The summed E-state index contributed by atoms with van der Waals surface area (Å²) in [6.45, 7) is 3.80. The van der Waals surface area contributed by atoms with Gasteiger partial charge in [0.05, 0.1) is 5.41 Å². The van der Waals surface area contributed by atoms with Crippen molar-refractivity contribution in [3.8, 4) is 0 Å². The summed E-state index contributed by atoms with van der Waals surface area (Å²) in [5, 5.41) is 3.23. The van der Waals surface area contributed by atoms with E-state index in [-0.39, 0.29) is 17.9 Å². The Balaban J connectivity index is 1.66. The van der Waals surface area contributed by atoms with Crippen molar-refractivity contribution in [1.29, 1.82) is 0 Å². The minimum absolute atomic E-state index is 0.0139. The van der Waals surface area contributed by atoms with E-state index in [1.54, 1.807) is 0 Å². The number of nitrogens with two attached hydrogens (primary N) is 1. The Labute approximate surface area is 150 Å². The molecule has 3 atom stereocenters. The van der Waals surface area contributed by atoms with Crippen molar-refractivity contribution in [1.82, 2.24) is 10.2 Å². The molecular formula is C20H29N3O2. The second kappa shape index (κ2) is 7.56. The van der Waals surface area contributed by atoms with E-state index in [1.807, 2.05) is 42.2 Å². The fraction of sp³-hybridized carbons (Fsp3) is 0.600. The van der Waals surface area contributed by atoms with Crippen molar-refractivity contribution < 1.29 is 9.59 Å². The van der Waals surface area contributed by atoms with Crippen LogP contribution >= 0.6 is 0 Å². The molecule has 136 valence electrons. The number of nitrogens with zero attached hydrogens (tertiary/aromatic N) is 1. The lowest BCUT2D eigenvalue weighted by molar-refractivity contribution is -0.133. The summed E-state index contributed by atoms with van der Waals surface area (Å²) in [4.78, 5) is 27.5. The fourth-order valence-corrected chi connectivity index (χ4v) is 4.21. The molecule has 1 saturated heterocycles. The van der Waals surface area contributed by atoms with Gasteiger partial charge < -0.3 is 16.0 Å². The Hall–Kier alpha value is -1.88. The zero-order chi connectivity index (χ0) is 17.9. The molecule has 1 aliphatic carbocycles. The molecule has 1 saturated carbocycles. The summed E-state index contributed by atoms with van der Waals surface area (Å²) in [6.07, 6.45) is 4.90. The van der Waals surface area contributed by atoms with Gasteiger partial charge in [-0.2, -0.15) is 0 Å². The molecule has 25 heavy (non-hydrogen) atoms. The average Bonchev–Trinajstić information content (AvgIpc) is 3.09. The lowest BCUT2D eigenvalue weighted by Crippen LogP contribution is -2.54. The standard InChI is InChI=1S/C20H29N3O2/c1-20(19(25)22-17-10-5-9-16(17)13-21)11-6-12-23(14-20)18(24)15-7-3-2-4-8-15/h2-4,7-8,16-17H,5-6,9-14,21H2,1H3,(H,22,25). The highest BCUT2D eigenvalue weighted by Crippen LogP contribution is 2.32. The first-order chi connectivity index (χ1) is 12.0. The molecule has 3 rings (SSSR count). The molecule has 5 nitrogen and oxygen atoms in total. The lowest BCUT2D eigenvalue weighted by Gasteiger charge is -2.40. The van der Waals surface area contributed by atoms with Crippen LogP contribution in [0.2, 0.25) is 0 Å². The largest absolute Gasteiger partial charge is 0.353 e. The molecule has 5 heteroatoms. The Morgan fingerprint density at radius 2 is 2.00 bits per heavy atom. The maximum atomic E-state index is 13.0. The number of piperidine rings is 1. The van der Waals surface area contributed by atoms with Crippen LogP contribution < -0.4 is 11.1 Å². The number of amides is 2. The summed E-state index contributed by atoms with van der Waals surface area (Å²) in [5.41, 5.74) is 6.00. The van der Waals surface area contributed by atoms with Gasteiger partial charge in [0.15, 0.2) is 0 Å². The predicted octanol–water partition coefficient (Wildman–Crippen LogP) is 2.17. The first-order valence-corrected chi connectivity index (χ1v) is 9.39. The van der Waals surface area contributed by atoms with Crippen LogP contribution in [0.1, 0.15) is 49.4 Å². The van der Waals surface area contributed by atoms with Crippen LogP contribution in [0.4, 0.5) is 0 Å². The molecular weight excluding hydrogens is 314 g/mol. The van der Waals surface area contributed by atoms with Gasteiger partial charge in [0, 0.05) is 24.7 Å². The van der Waals surface area contributed by atoms with Gasteiger partial charge in [-0.3, -0.25) is 9.59 Å². The highest BCUT2D eigenvalue weighted by Gasteiger charge is 2.41. The molecule has 0 spiro atoms. The van der Waals surface area contributed by atoms with E-state index in [4.69, 9.17) is 5.73 Å². The third kappa shape index (κ3) is 3.87. The SMILES string of the molecule is CC1(C(=O)NC2CCCC2CN)CCCN(C(=O)c2ccccc2)C1. The second-order valence-electron chi connectivity index (χ2n) is 7.76. The molecule has 2 fully saturated rings. The molecule has 1 heterocycles. The third-order valence-corrected chi connectivity index (χ3v) is 5.83. The molecule has 1 aromatic rings. The minimum atomic E-state index is -0.523. The smallest absolute Gasteiger partial charge is 0.253 e. The van der Waals surface area contributed by atoms with Crippen molar-refractivity contribution in [2.24, 2.45) is 17.1 Å². The highest BCUT2D eigenvalue weighted by molar-refractivity contribution is 5.95. The monoisotopic (exact) mass is 343 g/mol. The normalized spacial score (nSPS) is 29.4. The number of hydrogen-bond donors (Lipinski definition) is 2. The third-order valence-electron chi connectivity index (χ3n) is 5.83. The zero-order valence-electron chi connectivity index (χ0n) is 15.0. The zero-order valence-corrected chi connectivity index (χ0v) is 15.0. The summed E-state index contributed by atoms with van der Waals surface area (Å²) in [7, 11) is 0. The second-order valence-corrected chi connectivity index (χ2v) is 7.76. The van der Waals surface area contributed by atoms with Gasteiger partial charge in [0.1, 0.15) is 0 Å². The van der Waals surface area contributed by atoms with E-state index in [0.717, 1.165) is 32.1 Å². The van der Waals surface area contributed by atoms with E-state index in [9.17, 15) is 9.59 Å². The molecule has 1 aromatic carbocycles. The molecule has 2 aliphatic rings. The van der Waals surface area contributed by atoms with E-state index in [2.05, 4.69) is 5.32 Å². The van der Waals surface area contributed by atoms with Crippen LogP contribution in [0.3, 0.4) is 0 Å². The van der Waals surface area contributed by atoms with Gasteiger partial charge in [-0.05, 0) is 57.2 Å². The first kappa shape index (κ1) is 17.9. The Morgan fingerprint density at radius 1 is 1.24 bits per heavy atom. The number of nitrogens with one attached hydrogen (secondary N) is 1. The molecule has 0 bridgehead atoms. The maximum absolute atomic E-state index is 13.0. The minimum Gasteiger partial charge on any atom is -0.353 e. The van der Waals surface area contributed by atoms with Crippen LogP contribution in [-0.2, 0) is 4.79 Å². The van der Waals surface area contributed by atoms with Crippen molar-refractivity contribution >= 4 is 11.8 Å². The van der Waals surface area contributed by atoms with Crippen LogP contribution in [0, 0.1) is 11.3 Å². The number of likely N-dealkylation sites (tertiary alicyclic amines) is 1. The van der Waals surface area contributed by atoms with Crippen molar-refractivity contribution in [3.05, 3.63) is 35.9 Å². The number of hydrogen-bond acceptors (Lipinski definition) is 3. The highest BCUT2D eigenvalue weighted by atomic mass is 16.2. The summed E-state index contributed by atoms with van der Waals surface area (Å²) < 4.78 is 0. The van der Waals surface area contributed by atoms with Crippen molar-refractivity contribution in [2.75, 3.05) is 19.6 Å². The Bertz CT molecular complexity index is 619. The fourth-order valence-electron chi connectivity index (χ4n) is 4.21. The van der Waals surface area contributed by atoms with Crippen molar-refractivity contribution in [2.45, 2.75) is 45.1 Å². The van der Waals surface area contributed by atoms with Gasteiger partial charge in [0.25, 0.3) is 5.91 Å². The van der Waals surface area contributed by atoms with E-state index in [0.29, 0.717) is 31.1 Å². The topological polar surface area (TPSA) is 75.4 Å². The summed E-state index contributed by atoms with van der Waals surface area (Å²) in [5.74, 6) is 0.474. The summed E-state index contributed by atoms with van der Waals surface area (Å²) in [6, 6.07) is 9.50. The molecule has 0 radical (unpaired) electrons. The molecule has 2 amide bonds.